The molecular weight excluding hydrogens is 248 g/mol. The van der Waals surface area contributed by atoms with E-state index in [0.29, 0.717) is 12.8 Å². The minimum Gasteiger partial charge on any atom is -0.480 e. The predicted octanol–water partition coefficient (Wildman–Crippen LogP) is 0.743. The lowest BCUT2D eigenvalue weighted by Crippen LogP contribution is -2.56. The van der Waals surface area contributed by atoms with Crippen LogP contribution in [0, 0.1) is 0 Å². The van der Waals surface area contributed by atoms with Crippen molar-refractivity contribution in [3.05, 3.63) is 12.7 Å². The highest BCUT2D eigenvalue weighted by molar-refractivity contribution is 5.88. The number of aliphatic carboxylic acids is 1. The van der Waals surface area contributed by atoms with Crippen molar-refractivity contribution in [1.82, 2.24) is 20.1 Å². The lowest BCUT2D eigenvalue weighted by molar-refractivity contribution is -0.149. The predicted molar refractivity (Wildman–Crippen MR) is 66.3 cm³/mol. The lowest BCUT2D eigenvalue weighted by atomic mass is 9.81. The van der Waals surface area contributed by atoms with Crippen molar-refractivity contribution in [3.63, 3.8) is 0 Å². The smallest absolute Gasteiger partial charge is 0.329 e. The van der Waals surface area contributed by atoms with Gasteiger partial charge < -0.3 is 10.4 Å². The summed E-state index contributed by atoms with van der Waals surface area (Å²) in [4.78, 5) is 27.4. The van der Waals surface area contributed by atoms with Gasteiger partial charge in [0.25, 0.3) is 0 Å². The van der Waals surface area contributed by atoms with Crippen LogP contribution < -0.4 is 5.32 Å². The van der Waals surface area contributed by atoms with E-state index in [4.69, 9.17) is 0 Å². The van der Waals surface area contributed by atoms with Gasteiger partial charge >= 0.3 is 5.97 Å². The average molecular weight is 266 g/mol. The molecule has 0 aromatic carbocycles. The molecule has 2 rings (SSSR count). The first-order valence-electron chi connectivity index (χ1n) is 6.45. The SMILES string of the molecule is CC(C(=O)NC1(C(=O)O)CCCCC1)n1cncn1. The molecule has 1 aromatic rings. The van der Waals surface area contributed by atoms with Gasteiger partial charge in [-0.1, -0.05) is 19.3 Å². The summed E-state index contributed by atoms with van der Waals surface area (Å²) in [5.41, 5.74) is -1.12. The third-order valence-electron chi connectivity index (χ3n) is 3.69. The quantitative estimate of drug-likeness (QED) is 0.837. The summed E-state index contributed by atoms with van der Waals surface area (Å²) >= 11 is 0. The van der Waals surface area contributed by atoms with Gasteiger partial charge in [-0.15, -0.1) is 0 Å². The Bertz CT molecular complexity index is 452. The van der Waals surface area contributed by atoms with E-state index in [0.717, 1.165) is 19.3 Å². The molecule has 0 bridgehead atoms. The number of hydrogen-bond acceptors (Lipinski definition) is 4. The van der Waals surface area contributed by atoms with E-state index in [1.807, 2.05) is 0 Å². The van der Waals surface area contributed by atoms with Crippen molar-refractivity contribution in [2.45, 2.75) is 50.6 Å². The minimum atomic E-state index is -1.12. The maximum Gasteiger partial charge on any atom is 0.329 e. The van der Waals surface area contributed by atoms with E-state index < -0.39 is 17.6 Å². The maximum atomic E-state index is 12.2. The van der Waals surface area contributed by atoms with Crippen molar-refractivity contribution in [2.75, 3.05) is 0 Å². The molecular formula is C12H18N4O3. The molecule has 7 heteroatoms. The largest absolute Gasteiger partial charge is 0.480 e. The second kappa shape index (κ2) is 5.38. The summed E-state index contributed by atoms with van der Waals surface area (Å²) in [6.45, 7) is 1.67. The number of carboxylic acids is 1. The highest BCUT2D eigenvalue weighted by Gasteiger charge is 2.41. The molecule has 1 atom stereocenters. The van der Waals surface area contributed by atoms with Gasteiger partial charge in [0, 0.05) is 0 Å². The third kappa shape index (κ3) is 2.74. The van der Waals surface area contributed by atoms with Crippen LogP contribution in [0.15, 0.2) is 12.7 Å². The van der Waals surface area contributed by atoms with Crippen molar-refractivity contribution < 1.29 is 14.7 Å². The summed E-state index contributed by atoms with van der Waals surface area (Å²) in [6, 6.07) is -0.569. The van der Waals surface area contributed by atoms with Gasteiger partial charge in [0.2, 0.25) is 5.91 Å². The number of nitrogens with one attached hydrogen (secondary N) is 1. The number of rotatable bonds is 4. The van der Waals surface area contributed by atoms with E-state index in [1.54, 1.807) is 6.92 Å². The molecule has 104 valence electrons. The zero-order chi connectivity index (χ0) is 13.9. The number of carboxylic acid groups (broad SMARTS) is 1. The molecule has 19 heavy (non-hydrogen) atoms. The topological polar surface area (TPSA) is 97.1 Å². The van der Waals surface area contributed by atoms with Crippen LogP contribution >= 0.6 is 0 Å². The summed E-state index contributed by atoms with van der Waals surface area (Å²) in [5.74, 6) is -1.29. The first-order valence-corrected chi connectivity index (χ1v) is 6.45. The molecule has 1 aliphatic carbocycles. The highest BCUT2D eigenvalue weighted by Crippen LogP contribution is 2.29. The fourth-order valence-electron chi connectivity index (χ4n) is 2.43. The van der Waals surface area contributed by atoms with Crippen LogP contribution in [0.5, 0.6) is 0 Å². The molecule has 1 unspecified atom stereocenters. The van der Waals surface area contributed by atoms with E-state index in [2.05, 4.69) is 15.4 Å². The van der Waals surface area contributed by atoms with Crippen LogP contribution in [0.3, 0.4) is 0 Å². The molecule has 1 aromatic heterocycles. The number of carbonyl (C=O) groups is 2. The standard InChI is InChI=1S/C12H18N4O3/c1-9(16-8-13-7-14-16)10(17)15-12(11(18)19)5-3-2-4-6-12/h7-9H,2-6H2,1H3,(H,15,17)(H,18,19). The summed E-state index contributed by atoms with van der Waals surface area (Å²) < 4.78 is 1.41. The molecule has 1 heterocycles. The van der Waals surface area contributed by atoms with E-state index in [9.17, 15) is 14.7 Å². The van der Waals surface area contributed by atoms with Gasteiger partial charge in [-0.05, 0) is 19.8 Å². The zero-order valence-electron chi connectivity index (χ0n) is 10.9. The van der Waals surface area contributed by atoms with E-state index >= 15 is 0 Å². The third-order valence-corrected chi connectivity index (χ3v) is 3.69. The minimum absolute atomic E-state index is 0.338. The van der Waals surface area contributed by atoms with E-state index in [-0.39, 0.29) is 5.91 Å². The molecule has 0 aliphatic heterocycles. The Kier molecular flexibility index (Phi) is 3.82. The zero-order valence-corrected chi connectivity index (χ0v) is 10.9. The molecule has 1 aliphatic rings. The van der Waals surface area contributed by atoms with Gasteiger partial charge in [0.05, 0.1) is 0 Å². The number of nitrogens with zero attached hydrogens (tertiary/aromatic N) is 3. The van der Waals surface area contributed by atoms with Gasteiger partial charge in [0.1, 0.15) is 24.2 Å². The second-order valence-corrected chi connectivity index (χ2v) is 4.99. The van der Waals surface area contributed by atoms with Gasteiger partial charge in [-0.2, -0.15) is 5.10 Å². The first-order chi connectivity index (χ1) is 9.05. The number of aromatic nitrogens is 3. The van der Waals surface area contributed by atoms with Gasteiger partial charge in [-0.3, -0.25) is 4.79 Å². The Balaban J connectivity index is 2.09. The number of amides is 1. The maximum absolute atomic E-state index is 12.2. The molecule has 1 fully saturated rings. The van der Waals surface area contributed by atoms with Crippen molar-refractivity contribution in [2.24, 2.45) is 0 Å². The molecule has 7 nitrogen and oxygen atoms in total. The van der Waals surface area contributed by atoms with E-state index in [1.165, 1.54) is 17.3 Å². The average Bonchev–Trinajstić information content (AvgIpc) is 2.92. The van der Waals surface area contributed by atoms with Gasteiger partial charge in [-0.25, -0.2) is 14.5 Å². The van der Waals surface area contributed by atoms with Crippen molar-refractivity contribution >= 4 is 11.9 Å². The lowest BCUT2D eigenvalue weighted by Gasteiger charge is -2.34. The number of carbonyl (C=O) groups excluding carboxylic acids is 1. The molecule has 2 N–H and O–H groups in total. The number of hydrogen-bond donors (Lipinski definition) is 2. The second-order valence-electron chi connectivity index (χ2n) is 4.99. The fraction of sp³-hybridized carbons (Fsp3) is 0.667. The molecule has 0 saturated heterocycles. The monoisotopic (exact) mass is 266 g/mol. The van der Waals surface area contributed by atoms with Crippen LogP contribution in [0.4, 0.5) is 0 Å². The van der Waals surface area contributed by atoms with Gasteiger partial charge in [0.15, 0.2) is 0 Å². The molecule has 0 spiro atoms. The summed E-state index contributed by atoms with van der Waals surface area (Å²) in [6.07, 6.45) is 6.42. The Hall–Kier alpha value is -1.92. The van der Waals surface area contributed by atoms with Crippen LogP contribution in [0.2, 0.25) is 0 Å². The van der Waals surface area contributed by atoms with Crippen LogP contribution in [0.25, 0.3) is 0 Å². The summed E-state index contributed by atoms with van der Waals surface area (Å²) in [7, 11) is 0. The van der Waals surface area contributed by atoms with Crippen LogP contribution in [-0.4, -0.2) is 37.3 Å². The molecule has 0 radical (unpaired) electrons. The van der Waals surface area contributed by atoms with Crippen molar-refractivity contribution in [3.8, 4) is 0 Å². The van der Waals surface area contributed by atoms with Crippen LogP contribution in [-0.2, 0) is 9.59 Å². The Morgan fingerprint density at radius 3 is 2.58 bits per heavy atom. The normalized spacial score (nSPS) is 19.6. The Morgan fingerprint density at radius 2 is 2.05 bits per heavy atom. The molecule has 1 amide bonds. The Labute approximate surface area is 111 Å². The molecule has 1 saturated carbocycles. The summed E-state index contributed by atoms with van der Waals surface area (Å²) in [5, 5.41) is 16.0. The highest BCUT2D eigenvalue weighted by atomic mass is 16.4. The Morgan fingerprint density at radius 1 is 1.37 bits per heavy atom. The fourth-order valence-corrected chi connectivity index (χ4v) is 2.43. The first kappa shape index (κ1) is 13.5. The van der Waals surface area contributed by atoms with Crippen molar-refractivity contribution in [1.29, 1.82) is 0 Å². The van der Waals surface area contributed by atoms with Crippen LogP contribution in [0.1, 0.15) is 45.1 Å².